The van der Waals surface area contributed by atoms with Gasteiger partial charge in [0.1, 0.15) is 6.04 Å². The van der Waals surface area contributed by atoms with Gasteiger partial charge in [0.15, 0.2) is 0 Å². The molecule has 0 bridgehead atoms. The molecule has 0 aromatic carbocycles. The topological polar surface area (TPSA) is 55.4 Å². The molecule has 0 saturated heterocycles. The second kappa shape index (κ2) is 5.32. The zero-order valence-electron chi connectivity index (χ0n) is 10.4. The molecule has 0 aromatic rings. The molecular weight excluding hydrogens is 206 g/mol. The zero-order chi connectivity index (χ0) is 12.3. The van der Waals surface area contributed by atoms with Crippen LogP contribution in [0.2, 0.25) is 0 Å². The van der Waals surface area contributed by atoms with E-state index in [1.807, 2.05) is 20.8 Å². The van der Waals surface area contributed by atoms with Gasteiger partial charge in [-0.15, -0.1) is 0 Å². The number of rotatable bonds is 5. The highest BCUT2D eigenvalue weighted by molar-refractivity contribution is 5.87. The Labute approximate surface area is 96.7 Å². The van der Waals surface area contributed by atoms with E-state index >= 15 is 0 Å². The zero-order valence-corrected chi connectivity index (χ0v) is 10.4. The van der Waals surface area contributed by atoms with E-state index in [1.165, 1.54) is 7.11 Å². The summed E-state index contributed by atoms with van der Waals surface area (Å²) in [7, 11) is 1.35. The third-order valence-electron chi connectivity index (χ3n) is 2.96. The summed E-state index contributed by atoms with van der Waals surface area (Å²) >= 11 is 0. The number of hydrogen-bond acceptors (Lipinski definition) is 3. The van der Waals surface area contributed by atoms with Crippen LogP contribution >= 0.6 is 0 Å². The Balaban J connectivity index is 2.49. The standard InChI is InChI=1S/C12H21NO3/c1-7(2)5-10(12(15)16-4)13-11(14)9-6-8(9)3/h7-10H,5-6H2,1-4H3,(H,13,14)/t8-,9-,10-/m0/s1. The molecule has 0 radical (unpaired) electrons. The van der Waals surface area contributed by atoms with Crippen molar-refractivity contribution in [1.29, 1.82) is 0 Å². The van der Waals surface area contributed by atoms with Crippen molar-refractivity contribution in [1.82, 2.24) is 5.32 Å². The number of nitrogens with one attached hydrogen (secondary N) is 1. The van der Waals surface area contributed by atoms with Crippen molar-refractivity contribution in [2.24, 2.45) is 17.8 Å². The van der Waals surface area contributed by atoms with E-state index in [-0.39, 0.29) is 17.8 Å². The normalized spacial score (nSPS) is 25.1. The average Bonchev–Trinajstić information content (AvgIpc) is 2.92. The number of esters is 1. The molecule has 1 rings (SSSR count). The van der Waals surface area contributed by atoms with Crippen LogP contribution < -0.4 is 5.32 Å². The van der Waals surface area contributed by atoms with Gasteiger partial charge in [0.05, 0.1) is 7.11 Å². The number of ether oxygens (including phenoxy) is 1. The quantitative estimate of drug-likeness (QED) is 0.721. The first-order valence-electron chi connectivity index (χ1n) is 5.84. The molecule has 0 aromatic heterocycles. The highest BCUT2D eigenvalue weighted by atomic mass is 16.5. The van der Waals surface area contributed by atoms with Gasteiger partial charge in [-0.25, -0.2) is 4.79 Å². The Hall–Kier alpha value is -1.06. The van der Waals surface area contributed by atoms with Gasteiger partial charge < -0.3 is 10.1 Å². The first-order valence-corrected chi connectivity index (χ1v) is 5.84. The summed E-state index contributed by atoms with van der Waals surface area (Å²) in [4.78, 5) is 23.2. The Morgan fingerprint density at radius 2 is 2.00 bits per heavy atom. The van der Waals surface area contributed by atoms with E-state index in [9.17, 15) is 9.59 Å². The minimum Gasteiger partial charge on any atom is -0.467 e. The first kappa shape index (κ1) is 13.0. The Morgan fingerprint density at radius 1 is 1.44 bits per heavy atom. The number of amides is 1. The van der Waals surface area contributed by atoms with Gasteiger partial charge in [-0.1, -0.05) is 20.8 Å². The molecule has 4 nitrogen and oxygen atoms in total. The number of hydrogen-bond donors (Lipinski definition) is 1. The lowest BCUT2D eigenvalue weighted by Crippen LogP contribution is -2.43. The maximum absolute atomic E-state index is 11.7. The van der Waals surface area contributed by atoms with E-state index < -0.39 is 6.04 Å². The van der Waals surface area contributed by atoms with Gasteiger partial charge in [0.25, 0.3) is 0 Å². The summed E-state index contributed by atoms with van der Waals surface area (Å²) in [6.07, 6.45) is 1.56. The molecule has 0 unspecified atom stereocenters. The largest absolute Gasteiger partial charge is 0.467 e. The molecule has 1 aliphatic rings. The average molecular weight is 227 g/mol. The molecule has 92 valence electrons. The van der Waals surface area contributed by atoms with Crippen LogP contribution in [0, 0.1) is 17.8 Å². The van der Waals surface area contributed by atoms with Crippen LogP contribution in [0.4, 0.5) is 0 Å². The minimum absolute atomic E-state index is 0.0106. The monoisotopic (exact) mass is 227 g/mol. The third kappa shape index (κ3) is 3.51. The van der Waals surface area contributed by atoms with Gasteiger partial charge in [0.2, 0.25) is 5.91 Å². The van der Waals surface area contributed by atoms with Crippen LogP contribution in [0.15, 0.2) is 0 Å². The number of carbonyl (C=O) groups is 2. The second-order valence-corrected chi connectivity index (χ2v) is 5.03. The van der Waals surface area contributed by atoms with Crippen molar-refractivity contribution < 1.29 is 14.3 Å². The Morgan fingerprint density at radius 3 is 2.38 bits per heavy atom. The molecule has 1 fully saturated rings. The summed E-state index contributed by atoms with van der Waals surface area (Å²) in [6, 6.07) is -0.495. The van der Waals surface area contributed by atoms with Crippen LogP contribution in [0.1, 0.15) is 33.6 Å². The maximum atomic E-state index is 11.7. The maximum Gasteiger partial charge on any atom is 0.328 e. The molecule has 0 aliphatic heterocycles. The van der Waals surface area contributed by atoms with Crippen molar-refractivity contribution in [3.8, 4) is 0 Å². The molecule has 0 spiro atoms. The SMILES string of the molecule is COC(=O)[C@H](CC(C)C)NC(=O)[C@H]1C[C@@H]1C. The van der Waals surface area contributed by atoms with Gasteiger partial charge in [-0.2, -0.15) is 0 Å². The van der Waals surface area contributed by atoms with Crippen molar-refractivity contribution >= 4 is 11.9 Å². The lowest BCUT2D eigenvalue weighted by atomic mass is 10.0. The van der Waals surface area contributed by atoms with Crippen LogP contribution in [0.25, 0.3) is 0 Å². The molecule has 3 atom stereocenters. The summed E-state index contributed by atoms with van der Waals surface area (Å²) in [5, 5.41) is 2.78. The summed E-state index contributed by atoms with van der Waals surface area (Å²) in [6.45, 7) is 6.07. The van der Waals surface area contributed by atoms with Gasteiger partial charge in [-0.05, 0) is 24.7 Å². The summed E-state index contributed by atoms with van der Waals surface area (Å²) < 4.78 is 4.69. The van der Waals surface area contributed by atoms with E-state index in [2.05, 4.69) is 10.1 Å². The highest BCUT2D eigenvalue weighted by Gasteiger charge is 2.40. The first-order chi connectivity index (χ1) is 7.45. The summed E-state index contributed by atoms with van der Waals surface area (Å²) in [5.74, 6) is 0.539. The molecule has 1 N–H and O–H groups in total. The number of methoxy groups -OCH3 is 1. The van der Waals surface area contributed by atoms with Crippen LogP contribution in [-0.4, -0.2) is 25.0 Å². The van der Waals surface area contributed by atoms with Gasteiger partial charge >= 0.3 is 5.97 Å². The lowest BCUT2D eigenvalue weighted by Gasteiger charge is -2.18. The molecule has 16 heavy (non-hydrogen) atoms. The van der Waals surface area contributed by atoms with E-state index in [1.54, 1.807) is 0 Å². The van der Waals surface area contributed by atoms with Crippen molar-refractivity contribution in [2.75, 3.05) is 7.11 Å². The van der Waals surface area contributed by atoms with Crippen molar-refractivity contribution in [3.05, 3.63) is 0 Å². The van der Waals surface area contributed by atoms with Crippen LogP contribution in [-0.2, 0) is 14.3 Å². The molecule has 1 amide bonds. The highest BCUT2D eigenvalue weighted by Crippen LogP contribution is 2.37. The number of carbonyl (C=O) groups excluding carboxylic acids is 2. The van der Waals surface area contributed by atoms with Gasteiger partial charge in [0, 0.05) is 5.92 Å². The van der Waals surface area contributed by atoms with Crippen molar-refractivity contribution in [3.63, 3.8) is 0 Å². The molecule has 1 saturated carbocycles. The molecule has 4 heteroatoms. The summed E-state index contributed by atoms with van der Waals surface area (Å²) in [5.41, 5.74) is 0. The fourth-order valence-corrected chi connectivity index (χ4v) is 1.79. The smallest absolute Gasteiger partial charge is 0.328 e. The van der Waals surface area contributed by atoms with E-state index in [0.717, 1.165) is 6.42 Å². The lowest BCUT2D eigenvalue weighted by molar-refractivity contribution is -0.145. The predicted octanol–water partition coefficient (Wildman–Crippen LogP) is 1.35. The Kier molecular flexibility index (Phi) is 4.33. The van der Waals surface area contributed by atoms with Crippen LogP contribution in [0.3, 0.4) is 0 Å². The minimum atomic E-state index is -0.495. The van der Waals surface area contributed by atoms with Crippen molar-refractivity contribution in [2.45, 2.75) is 39.7 Å². The second-order valence-electron chi connectivity index (χ2n) is 5.03. The molecule has 1 aliphatic carbocycles. The Bertz CT molecular complexity index is 275. The van der Waals surface area contributed by atoms with E-state index in [4.69, 9.17) is 0 Å². The van der Waals surface area contributed by atoms with Crippen LogP contribution in [0.5, 0.6) is 0 Å². The fourth-order valence-electron chi connectivity index (χ4n) is 1.79. The fraction of sp³-hybridized carbons (Fsp3) is 0.833. The predicted molar refractivity (Wildman–Crippen MR) is 60.7 cm³/mol. The van der Waals surface area contributed by atoms with E-state index in [0.29, 0.717) is 18.3 Å². The molecule has 0 heterocycles. The van der Waals surface area contributed by atoms with Gasteiger partial charge in [-0.3, -0.25) is 4.79 Å². The molecular formula is C12H21NO3. The third-order valence-corrected chi connectivity index (χ3v) is 2.96.